The van der Waals surface area contributed by atoms with E-state index in [-0.39, 0.29) is 22.8 Å². The third kappa shape index (κ3) is 6.48. The molecule has 0 saturated heterocycles. The van der Waals surface area contributed by atoms with Crippen molar-refractivity contribution in [1.29, 1.82) is 0 Å². The summed E-state index contributed by atoms with van der Waals surface area (Å²) in [5, 5.41) is 0. The van der Waals surface area contributed by atoms with Crippen molar-refractivity contribution in [1.82, 2.24) is 13.7 Å². The third-order valence-corrected chi connectivity index (χ3v) is 6.55. The normalized spacial score (nSPS) is 15.7. The Morgan fingerprint density at radius 3 is 1.44 bits per heavy atom. The Bertz CT molecular complexity index is 978. The van der Waals surface area contributed by atoms with Gasteiger partial charge in [0, 0.05) is 12.1 Å². The lowest BCUT2D eigenvalue weighted by atomic mass is 9.76. The lowest BCUT2D eigenvalue weighted by Gasteiger charge is -2.40. The summed E-state index contributed by atoms with van der Waals surface area (Å²) < 4.78 is 4.03. The van der Waals surface area contributed by atoms with Crippen LogP contribution in [0.4, 0.5) is 0 Å². The lowest BCUT2D eigenvalue weighted by Crippen LogP contribution is -2.63. The molecule has 0 N–H and O–H groups in total. The number of hydrogen-bond acceptors (Lipinski definition) is 3. The smallest absolute Gasteiger partial charge is 0.247 e. The fourth-order valence-electron chi connectivity index (χ4n) is 5.07. The van der Waals surface area contributed by atoms with Gasteiger partial charge in [0.05, 0.1) is 5.54 Å². The highest BCUT2D eigenvalue weighted by molar-refractivity contribution is 4.96. The van der Waals surface area contributed by atoms with Crippen LogP contribution in [0, 0.1) is 16.2 Å². The molecule has 32 heavy (non-hydrogen) atoms. The summed E-state index contributed by atoms with van der Waals surface area (Å²) in [6.45, 7) is 26.9. The molecule has 0 spiro atoms. The van der Waals surface area contributed by atoms with E-state index in [0.717, 1.165) is 6.42 Å². The lowest BCUT2D eigenvalue weighted by molar-refractivity contribution is 0.132. The molecular weight excluding hydrogens is 402 g/mol. The summed E-state index contributed by atoms with van der Waals surface area (Å²) in [5.41, 5.74) is -3.35. The minimum absolute atomic E-state index is 0.0482. The topological polar surface area (TPSA) is 66.0 Å². The van der Waals surface area contributed by atoms with Crippen molar-refractivity contribution in [3.05, 3.63) is 31.5 Å². The molecule has 1 heterocycles. The maximum atomic E-state index is 14.0. The summed E-state index contributed by atoms with van der Waals surface area (Å²) in [4.78, 5) is 41.3. The maximum Gasteiger partial charge on any atom is 0.337 e. The molecule has 0 aliphatic heterocycles. The van der Waals surface area contributed by atoms with Gasteiger partial charge >= 0.3 is 17.1 Å². The molecule has 0 aromatic carbocycles. The van der Waals surface area contributed by atoms with Crippen molar-refractivity contribution in [2.24, 2.45) is 16.2 Å². The maximum absolute atomic E-state index is 14.0. The molecule has 0 amide bonds. The van der Waals surface area contributed by atoms with Crippen LogP contribution in [0.2, 0.25) is 0 Å². The van der Waals surface area contributed by atoms with Crippen molar-refractivity contribution in [3.8, 4) is 0 Å². The number of nitrogens with zero attached hydrogens (tertiary/aromatic N) is 3. The summed E-state index contributed by atoms with van der Waals surface area (Å²) in [5.74, 6) is 0. The van der Waals surface area contributed by atoms with Crippen molar-refractivity contribution < 1.29 is 0 Å². The zero-order valence-corrected chi connectivity index (χ0v) is 23.1. The Morgan fingerprint density at radius 1 is 0.594 bits per heavy atom. The van der Waals surface area contributed by atoms with Gasteiger partial charge in [-0.25, -0.2) is 28.1 Å². The van der Waals surface area contributed by atoms with Crippen LogP contribution in [0.3, 0.4) is 0 Å². The Kier molecular flexibility index (Phi) is 7.98. The summed E-state index contributed by atoms with van der Waals surface area (Å²) in [6.07, 6.45) is 2.86. The standard InChI is InChI=1S/C26H49N3O3/c1-14-24(9,10)17-26(13,15-2)29-20(31)27(18-23(6,7)8)19(30)28(21(29)32)25(11,12)16-22(3,4)5/h14-18H2,1-13H3. The fourth-order valence-corrected chi connectivity index (χ4v) is 5.07. The van der Waals surface area contributed by atoms with Crippen LogP contribution in [-0.2, 0) is 17.6 Å². The molecule has 6 heteroatoms. The zero-order valence-electron chi connectivity index (χ0n) is 23.1. The Balaban J connectivity index is 4.13. The highest BCUT2D eigenvalue weighted by Crippen LogP contribution is 2.36. The van der Waals surface area contributed by atoms with Gasteiger partial charge in [0.1, 0.15) is 0 Å². The number of rotatable bonds is 8. The van der Waals surface area contributed by atoms with Gasteiger partial charge < -0.3 is 0 Å². The van der Waals surface area contributed by atoms with Crippen LogP contribution in [-0.4, -0.2) is 13.7 Å². The molecule has 0 aliphatic rings. The average Bonchev–Trinajstić information content (AvgIpc) is 2.55. The molecule has 0 fully saturated rings. The molecule has 0 aliphatic carbocycles. The second-order valence-electron chi connectivity index (χ2n) is 13.8. The molecule has 0 radical (unpaired) electrons. The first-order chi connectivity index (χ1) is 14.1. The van der Waals surface area contributed by atoms with Crippen molar-refractivity contribution >= 4 is 0 Å². The Hall–Kier alpha value is -1.59. The molecule has 1 aromatic rings. The first-order valence-electron chi connectivity index (χ1n) is 12.1. The van der Waals surface area contributed by atoms with Gasteiger partial charge in [-0.1, -0.05) is 75.7 Å². The minimum atomic E-state index is -0.740. The van der Waals surface area contributed by atoms with E-state index in [4.69, 9.17) is 0 Å². The highest BCUT2D eigenvalue weighted by Gasteiger charge is 2.39. The van der Waals surface area contributed by atoms with E-state index < -0.39 is 28.1 Å². The van der Waals surface area contributed by atoms with Crippen LogP contribution in [0.1, 0.15) is 116 Å². The van der Waals surface area contributed by atoms with E-state index >= 15 is 0 Å². The highest BCUT2D eigenvalue weighted by atomic mass is 16.2. The van der Waals surface area contributed by atoms with Crippen molar-refractivity contribution in [2.45, 2.75) is 133 Å². The van der Waals surface area contributed by atoms with Gasteiger partial charge in [0.15, 0.2) is 0 Å². The second kappa shape index (κ2) is 8.98. The third-order valence-electron chi connectivity index (χ3n) is 6.55. The second-order valence-corrected chi connectivity index (χ2v) is 13.8. The van der Waals surface area contributed by atoms with Gasteiger partial charge in [0.25, 0.3) is 0 Å². The van der Waals surface area contributed by atoms with E-state index in [0.29, 0.717) is 19.3 Å². The number of aromatic nitrogens is 3. The predicted octanol–water partition coefficient (Wildman–Crippen LogP) is 5.34. The Morgan fingerprint density at radius 2 is 1.06 bits per heavy atom. The van der Waals surface area contributed by atoms with Crippen molar-refractivity contribution in [3.63, 3.8) is 0 Å². The van der Waals surface area contributed by atoms with Gasteiger partial charge in [-0.05, 0) is 56.3 Å². The van der Waals surface area contributed by atoms with Gasteiger partial charge in [-0.2, -0.15) is 0 Å². The van der Waals surface area contributed by atoms with Gasteiger partial charge in [-0.3, -0.25) is 0 Å². The molecule has 1 rings (SSSR count). The van der Waals surface area contributed by atoms with Crippen LogP contribution in [0.25, 0.3) is 0 Å². The SMILES string of the molecule is CCC(C)(C)CC(C)(CC)n1c(=O)n(CC(C)(C)C)c(=O)n(C(C)(C)CC(C)(C)C)c1=O. The quantitative estimate of drug-likeness (QED) is 0.536. The molecule has 6 nitrogen and oxygen atoms in total. The van der Waals surface area contributed by atoms with E-state index in [2.05, 4.69) is 41.5 Å². The molecule has 186 valence electrons. The van der Waals surface area contributed by atoms with Crippen LogP contribution in [0.5, 0.6) is 0 Å². The predicted molar refractivity (Wildman–Crippen MR) is 135 cm³/mol. The largest absolute Gasteiger partial charge is 0.337 e. The number of hydrogen-bond donors (Lipinski definition) is 0. The van der Waals surface area contributed by atoms with Crippen LogP contribution in [0.15, 0.2) is 14.4 Å². The monoisotopic (exact) mass is 451 g/mol. The average molecular weight is 452 g/mol. The summed E-state index contributed by atoms with van der Waals surface area (Å²) >= 11 is 0. The molecule has 1 aromatic heterocycles. The first kappa shape index (κ1) is 28.4. The van der Waals surface area contributed by atoms with Gasteiger partial charge in [0.2, 0.25) is 0 Å². The zero-order chi connectivity index (χ0) is 25.5. The summed E-state index contributed by atoms with van der Waals surface area (Å²) in [6, 6.07) is 0. The van der Waals surface area contributed by atoms with Crippen LogP contribution >= 0.6 is 0 Å². The molecule has 1 atom stereocenters. The molecule has 1 unspecified atom stereocenters. The molecular formula is C26H49N3O3. The first-order valence-corrected chi connectivity index (χ1v) is 12.1. The van der Waals surface area contributed by atoms with E-state index in [9.17, 15) is 14.4 Å². The van der Waals surface area contributed by atoms with E-state index in [1.165, 1.54) is 13.7 Å². The summed E-state index contributed by atoms with van der Waals surface area (Å²) in [7, 11) is 0. The Labute approximate surface area is 195 Å². The van der Waals surface area contributed by atoms with Crippen molar-refractivity contribution in [2.75, 3.05) is 0 Å². The molecule has 0 bridgehead atoms. The molecule has 0 saturated carbocycles. The van der Waals surface area contributed by atoms with Crippen LogP contribution < -0.4 is 17.1 Å². The van der Waals surface area contributed by atoms with Gasteiger partial charge in [-0.15, -0.1) is 0 Å². The van der Waals surface area contributed by atoms with E-state index in [1.54, 1.807) is 0 Å². The fraction of sp³-hybridized carbons (Fsp3) is 0.885. The van der Waals surface area contributed by atoms with E-state index in [1.807, 2.05) is 48.5 Å². The minimum Gasteiger partial charge on any atom is -0.247 e.